The average Bonchev–Trinajstić information content (AvgIpc) is 3.17. The van der Waals surface area contributed by atoms with Crippen LogP contribution in [0.2, 0.25) is 0 Å². The van der Waals surface area contributed by atoms with Gasteiger partial charge < -0.3 is 5.32 Å². The lowest BCUT2D eigenvalue weighted by Crippen LogP contribution is -2.19. The molecule has 1 heterocycles. The molecule has 0 amide bonds. The highest BCUT2D eigenvalue weighted by molar-refractivity contribution is 5.86. The Morgan fingerprint density at radius 1 is 1.14 bits per heavy atom. The second kappa shape index (κ2) is 5.10. The minimum absolute atomic E-state index is 0.0835. The van der Waals surface area contributed by atoms with Gasteiger partial charge in [0.05, 0.1) is 5.52 Å². The van der Waals surface area contributed by atoms with Crippen LogP contribution >= 0.6 is 0 Å². The Hall–Kier alpha value is -1.41. The summed E-state index contributed by atoms with van der Waals surface area (Å²) in [5.41, 5.74) is 6.44. The third kappa shape index (κ3) is 3.11. The van der Waals surface area contributed by atoms with Crippen molar-refractivity contribution < 1.29 is 0 Å². The second-order valence-electron chi connectivity index (χ2n) is 7.55. The van der Waals surface area contributed by atoms with Crippen molar-refractivity contribution >= 4 is 10.9 Å². The maximum atomic E-state index is 4.94. The van der Waals surface area contributed by atoms with Crippen LogP contribution in [0.3, 0.4) is 0 Å². The number of pyridine rings is 1. The van der Waals surface area contributed by atoms with Crippen LogP contribution in [0.1, 0.15) is 56.0 Å². The fraction of sp³-hybridized carbons (Fsp3) is 0.526. The molecule has 0 radical (unpaired) electrons. The molecule has 0 spiro atoms. The summed E-state index contributed by atoms with van der Waals surface area (Å²) in [4.78, 5) is 4.94. The summed E-state index contributed by atoms with van der Waals surface area (Å²) in [7, 11) is 0. The number of nitrogens with zero attached hydrogens (tertiary/aromatic N) is 1. The summed E-state index contributed by atoms with van der Waals surface area (Å²) in [5.74, 6) is 0. The van der Waals surface area contributed by atoms with Gasteiger partial charge in [-0.2, -0.15) is 0 Å². The lowest BCUT2D eigenvalue weighted by Gasteiger charge is -2.21. The molecule has 1 fully saturated rings. The number of fused-ring (bicyclic) bond motifs is 1. The average molecular weight is 282 g/mol. The van der Waals surface area contributed by atoms with Crippen LogP contribution in [-0.4, -0.2) is 11.0 Å². The van der Waals surface area contributed by atoms with Gasteiger partial charge in [0, 0.05) is 29.1 Å². The second-order valence-corrected chi connectivity index (χ2v) is 7.55. The minimum atomic E-state index is 0.0835. The maximum Gasteiger partial charge on any atom is 0.0714 e. The Morgan fingerprint density at radius 2 is 1.86 bits per heavy atom. The number of hydrogen-bond acceptors (Lipinski definition) is 2. The van der Waals surface area contributed by atoms with Gasteiger partial charge in [0.15, 0.2) is 0 Å². The van der Waals surface area contributed by atoms with Crippen molar-refractivity contribution in [2.75, 3.05) is 0 Å². The standard InChI is InChI=1S/C19H26N2/c1-12-8-13(2)18-14(11-20-15-6-7-15)10-17(19(3,4)5)21-16(18)9-12/h8-10,15,20H,6-7,11H2,1-5H3. The van der Waals surface area contributed by atoms with Crippen LogP contribution in [0.5, 0.6) is 0 Å². The number of aromatic nitrogens is 1. The lowest BCUT2D eigenvalue weighted by molar-refractivity contribution is 0.569. The van der Waals surface area contributed by atoms with Crippen LogP contribution < -0.4 is 5.32 Å². The molecule has 0 atom stereocenters. The summed E-state index contributed by atoms with van der Waals surface area (Å²) in [6, 6.07) is 7.52. The molecule has 21 heavy (non-hydrogen) atoms. The molecule has 0 unspecified atom stereocenters. The van der Waals surface area contributed by atoms with Crippen LogP contribution in [0.25, 0.3) is 10.9 Å². The highest BCUT2D eigenvalue weighted by Crippen LogP contribution is 2.29. The monoisotopic (exact) mass is 282 g/mol. The zero-order valence-electron chi connectivity index (χ0n) is 13.9. The molecule has 1 N–H and O–H groups in total. The Labute approximate surface area is 128 Å². The SMILES string of the molecule is Cc1cc(C)c2c(CNC3CC3)cc(C(C)(C)C)nc2c1. The summed E-state index contributed by atoms with van der Waals surface area (Å²) in [6.45, 7) is 12.0. The third-order valence-corrected chi connectivity index (χ3v) is 4.26. The molecule has 0 bridgehead atoms. The normalized spacial score (nSPS) is 15.7. The molecule has 0 saturated heterocycles. The Kier molecular flexibility index (Phi) is 3.53. The zero-order valence-corrected chi connectivity index (χ0v) is 13.9. The van der Waals surface area contributed by atoms with E-state index < -0.39 is 0 Å². The van der Waals surface area contributed by atoms with Crippen molar-refractivity contribution in [3.05, 3.63) is 40.6 Å². The summed E-state index contributed by atoms with van der Waals surface area (Å²) < 4.78 is 0. The van der Waals surface area contributed by atoms with Crippen molar-refractivity contribution in [1.29, 1.82) is 0 Å². The first-order valence-corrected chi connectivity index (χ1v) is 7.99. The van der Waals surface area contributed by atoms with Crippen molar-refractivity contribution in [1.82, 2.24) is 10.3 Å². The first-order chi connectivity index (χ1) is 9.84. The molecular weight excluding hydrogens is 256 g/mol. The molecule has 1 aliphatic rings. The van der Waals surface area contributed by atoms with E-state index in [1.165, 1.54) is 40.6 Å². The number of nitrogens with one attached hydrogen (secondary N) is 1. The molecule has 0 aliphatic heterocycles. The molecule has 2 nitrogen and oxygen atoms in total. The van der Waals surface area contributed by atoms with Gasteiger partial charge in [0.2, 0.25) is 0 Å². The minimum Gasteiger partial charge on any atom is -0.310 e. The molecule has 1 aromatic carbocycles. The van der Waals surface area contributed by atoms with Crippen LogP contribution in [0, 0.1) is 13.8 Å². The quantitative estimate of drug-likeness (QED) is 0.902. The molecule has 2 heteroatoms. The molecular formula is C19H26N2. The Morgan fingerprint density at radius 3 is 2.48 bits per heavy atom. The van der Waals surface area contributed by atoms with Crippen molar-refractivity contribution in [3.63, 3.8) is 0 Å². The molecule has 2 aromatic rings. The Balaban J connectivity index is 2.14. The van der Waals surface area contributed by atoms with Gasteiger partial charge in [-0.3, -0.25) is 4.98 Å². The smallest absolute Gasteiger partial charge is 0.0714 e. The van der Waals surface area contributed by atoms with Crippen molar-refractivity contribution in [2.24, 2.45) is 0 Å². The summed E-state index contributed by atoms with van der Waals surface area (Å²) in [5, 5.41) is 4.99. The van der Waals surface area contributed by atoms with E-state index in [1.807, 2.05) is 0 Å². The van der Waals surface area contributed by atoms with Crippen LogP contribution in [0.4, 0.5) is 0 Å². The molecule has 1 aromatic heterocycles. The first-order valence-electron chi connectivity index (χ1n) is 7.99. The van der Waals surface area contributed by atoms with E-state index >= 15 is 0 Å². The highest BCUT2D eigenvalue weighted by Gasteiger charge is 2.22. The van der Waals surface area contributed by atoms with Gasteiger partial charge in [0.25, 0.3) is 0 Å². The first kappa shape index (κ1) is 14.5. The predicted octanol–water partition coefficient (Wildman–Crippen LogP) is 4.40. The maximum absolute atomic E-state index is 4.94. The van der Waals surface area contributed by atoms with Gasteiger partial charge in [0.1, 0.15) is 0 Å². The van der Waals surface area contributed by atoms with E-state index in [-0.39, 0.29) is 5.41 Å². The number of benzene rings is 1. The predicted molar refractivity (Wildman–Crippen MR) is 89.8 cm³/mol. The van der Waals surface area contributed by atoms with E-state index in [0.717, 1.165) is 18.1 Å². The third-order valence-electron chi connectivity index (χ3n) is 4.26. The van der Waals surface area contributed by atoms with E-state index in [2.05, 4.69) is 58.1 Å². The molecule has 3 rings (SSSR count). The molecule has 1 aliphatic carbocycles. The van der Waals surface area contributed by atoms with Gasteiger partial charge in [-0.05, 0) is 55.5 Å². The topological polar surface area (TPSA) is 24.9 Å². The van der Waals surface area contributed by atoms with Crippen LogP contribution in [-0.2, 0) is 12.0 Å². The lowest BCUT2D eigenvalue weighted by atomic mass is 9.89. The zero-order chi connectivity index (χ0) is 15.2. The van der Waals surface area contributed by atoms with Gasteiger partial charge in [-0.15, -0.1) is 0 Å². The van der Waals surface area contributed by atoms with E-state index in [9.17, 15) is 0 Å². The van der Waals surface area contributed by atoms with E-state index in [4.69, 9.17) is 4.98 Å². The fourth-order valence-electron chi connectivity index (χ4n) is 2.92. The summed E-state index contributed by atoms with van der Waals surface area (Å²) in [6.07, 6.45) is 2.65. The van der Waals surface area contributed by atoms with E-state index in [1.54, 1.807) is 0 Å². The fourth-order valence-corrected chi connectivity index (χ4v) is 2.92. The van der Waals surface area contributed by atoms with Gasteiger partial charge in [-0.1, -0.05) is 26.8 Å². The van der Waals surface area contributed by atoms with Gasteiger partial charge >= 0.3 is 0 Å². The highest BCUT2D eigenvalue weighted by atomic mass is 14.9. The van der Waals surface area contributed by atoms with Gasteiger partial charge in [-0.25, -0.2) is 0 Å². The summed E-state index contributed by atoms with van der Waals surface area (Å²) >= 11 is 0. The molecule has 112 valence electrons. The largest absolute Gasteiger partial charge is 0.310 e. The number of rotatable bonds is 3. The number of hydrogen-bond donors (Lipinski definition) is 1. The van der Waals surface area contributed by atoms with Crippen molar-refractivity contribution in [3.8, 4) is 0 Å². The number of aryl methyl sites for hydroxylation is 2. The molecule has 1 saturated carbocycles. The van der Waals surface area contributed by atoms with Crippen molar-refractivity contribution in [2.45, 2.75) is 65.5 Å². The van der Waals surface area contributed by atoms with Crippen LogP contribution in [0.15, 0.2) is 18.2 Å². The Bertz CT molecular complexity index is 676. The van der Waals surface area contributed by atoms with E-state index in [0.29, 0.717) is 0 Å².